The first-order chi connectivity index (χ1) is 16.5. The molecule has 1 aliphatic carbocycles. The van der Waals surface area contributed by atoms with Gasteiger partial charge in [0, 0.05) is 17.3 Å². The Balaban J connectivity index is 1.55. The van der Waals surface area contributed by atoms with Gasteiger partial charge >= 0.3 is 0 Å². The van der Waals surface area contributed by atoms with E-state index in [1.807, 2.05) is 43.3 Å². The largest absolute Gasteiger partial charge is 0.497 e. The number of hydrogen-bond donors (Lipinski definition) is 1. The first-order valence-electron chi connectivity index (χ1n) is 12.1. The molecule has 1 saturated carbocycles. The van der Waals surface area contributed by atoms with Gasteiger partial charge in [-0.3, -0.25) is 9.36 Å². The van der Waals surface area contributed by atoms with Gasteiger partial charge in [0.1, 0.15) is 5.75 Å². The third kappa shape index (κ3) is 5.46. The van der Waals surface area contributed by atoms with Gasteiger partial charge in [-0.1, -0.05) is 63.1 Å². The predicted octanol–water partition coefficient (Wildman–Crippen LogP) is 6.62. The second kappa shape index (κ2) is 11.1. The Bertz CT molecular complexity index is 1120. The van der Waals surface area contributed by atoms with Crippen molar-refractivity contribution >= 4 is 23.4 Å². The van der Waals surface area contributed by atoms with Crippen molar-refractivity contribution in [1.82, 2.24) is 14.8 Å². The maximum absolute atomic E-state index is 12.9. The first kappa shape index (κ1) is 24.3. The fourth-order valence-electron chi connectivity index (χ4n) is 4.63. The van der Waals surface area contributed by atoms with Crippen LogP contribution in [0.15, 0.2) is 47.6 Å². The second-order valence-electron chi connectivity index (χ2n) is 9.23. The number of aromatic nitrogens is 3. The molecule has 0 saturated heterocycles. The van der Waals surface area contributed by atoms with Crippen LogP contribution in [-0.2, 0) is 4.79 Å². The van der Waals surface area contributed by atoms with Gasteiger partial charge in [-0.25, -0.2) is 0 Å². The number of amides is 1. The summed E-state index contributed by atoms with van der Waals surface area (Å²) < 4.78 is 7.57. The lowest BCUT2D eigenvalue weighted by Gasteiger charge is -2.25. The van der Waals surface area contributed by atoms with Crippen LogP contribution in [-0.4, -0.2) is 33.5 Å². The number of nitrogens with zero attached hydrogens (tertiary/aromatic N) is 3. The van der Waals surface area contributed by atoms with E-state index in [1.54, 1.807) is 7.11 Å². The maximum atomic E-state index is 12.9. The van der Waals surface area contributed by atoms with E-state index in [4.69, 9.17) is 4.74 Å². The van der Waals surface area contributed by atoms with Crippen LogP contribution in [0.1, 0.15) is 69.0 Å². The van der Waals surface area contributed by atoms with Crippen LogP contribution in [0.25, 0.3) is 11.4 Å². The maximum Gasteiger partial charge on any atom is 0.234 e. The molecule has 1 amide bonds. The summed E-state index contributed by atoms with van der Waals surface area (Å²) >= 11 is 1.46. The predicted molar refractivity (Wildman–Crippen MR) is 139 cm³/mol. The van der Waals surface area contributed by atoms with E-state index in [0.29, 0.717) is 17.7 Å². The molecule has 1 aliphatic rings. The number of benzene rings is 2. The number of methoxy groups -OCH3 is 1. The van der Waals surface area contributed by atoms with Crippen LogP contribution in [0.2, 0.25) is 0 Å². The molecule has 4 rings (SSSR count). The van der Waals surface area contributed by atoms with E-state index in [9.17, 15) is 4.79 Å². The van der Waals surface area contributed by atoms with E-state index in [-0.39, 0.29) is 5.91 Å². The topological polar surface area (TPSA) is 69.0 Å². The van der Waals surface area contributed by atoms with Crippen molar-refractivity contribution in [1.29, 1.82) is 0 Å². The van der Waals surface area contributed by atoms with Crippen LogP contribution in [0, 0.1) is 6.92 Å². The molecule has 0 spiro atoms. The highest BCUT2D eigenvalue weighted by Gasteiger charge is 2.24. The molecule has 1 aromatic heterocycles. The average Bonchev–Trinajstić information content (AvgIpc) is 3.28. The Morgan fingerprint density at radius 1 is 1.12 bits per heavy atom. The van der Waals surface area contributed by atoms with Crippen LogP contribution in [0.3, 0.4) is 0 Å². The number of aryl methyl sites for hydroxylation is 1. The third-order valence-electron chi connectivity index (χ3n) is 6.48. The van der Waals surface area contributed by atoms with Crippen molar-refractivity contribution in [2.45, 2.75) is 70.0 Å². The summed E-state index contributed by atoms with van der Waals surface area (Å²) in [6, 6.07) is 14.5. The van der Waals surface area contributed by atoms with Gasteiger partial charge in [-0.05, 0) is 61.1 Å². The number of hydrogen-bond acceptors (Lipinski definition) is 5. The van der Waals surface area contributed by atoms with Crippen molar-refractivity contribution in [3.05, 3.63) is 53.6 Å². The normalized spacial score (nSPS) is 14.4. The highest BCUT2D eigenvalue weighted by molar-refractivity contribution is 7.99. The summed E-state index contributed by atoms with van der Waals surface area (Å²) in [5.41, 5.74) is 4.18. The highest BCUT2D eigenvalue weighted by Crippen LogP contribution is 2.36. The summed E-state index contributed by atoms with van der Waals surface area (Å²) in [4.78, 5) is 12.9. The molecule has 0 atom stereocenters. The quantitative estimate of drug-likeness (QED) is 0.368. The van der Waals surface area contributed by atoms with E-state index in [0.717, 1.165) is 51.9 Å². The van der Waals surface area contributed by atoms with Gasteiger partial charge in [0.25, 0.3) is 0 Å². The fourth-order valence-corrected chi connectivity index (χ4v) is 5.43. The molecule has 0 aliphatic heterocycles. The number of para-hydroxylation sites is 1. The Morgan fingerprint density at radius 3 is 2.53 bits per heavy atom. The number of nitrogens with one attached hydrogen (secondary N) is 1. The minimum atomic E-state index is -0.0228. The Kier molecular flexibility index (Phi) is 7.93. The van der Waals surface area contributed by atoms with Crippen LogP contribution in [0.5, 0.6) is 5.75 Å². The zero-order chi connectivity index (χ0) is 24.1. The van der Waals surface area contributed by atoms with Crippen molar-refractivity contribution in [3.8, 4) is 17.1 Å². The molecule has 1 N–H and O–H groups in total. The monoisotopic (exact) mass is 478 g/mol. The molecular weight excluding hydrogens is 444 g/mol. The molecule has 0 bridgehead atoms. The van der Waals surface area contributed by atoms with E-state index in [2.05, 4.69) is 40.0 Å². The summed E-state index contributed by atoms with van der Waals surface area (Å²) in [6.45, 7) is 6.33. The van der Waals surface area contributed by atoms with Gasteiger partial charge in [-0.2, -0.15) is 0 Å². The van der Waals surface area contributed by atoms with Crippen molar-refractivity contribution in [3.63, 3.8) is 0 Å². The molecule has 1 heterocycles. The molecule has 7 heteroatoms. The number of thioether (sulfide) groups is 1. The average molecular weight is 479 g/mol. The first-order valence-corrected chi connectivity index (χ1v) is 13.1. The Morgan fingerprint density at radius 2 is 1.85 bits per heavy atom. The molecule has 3 aromatic rings. The Hall–Kier alpha value is -2.80. The minimum absolute atomic E-state index is 0.0228. The minimum Gasteiger partial charge on any atom is -0.497 e. The molecule has 34 heavy (non-hydrogen) atoms. The highest BCUT2D eigenvalue weighted by atomic mass is 32.2. The number of carbonyl (C=O) groups is 1. The zero-order valence-corrected chi connectivity index (χ0v) is 21.3. The van der Waals surface area contributed by atoms with Gasteiger partial charge in [0.15, 0.2) is 11.0 Å². The van der Waals surface area contributed by atoms with Crippen molar-refractivity contribution in [2.75, 3.05) is 18.2 Å². The molecule has 6 nitrogen and oxygen atoms in total. The van der Waals surface area contributed by atoms with Gasteiger partial charge in [0.05, 0.1) is 12.9 Å². The van der Waals surface area contributed by atoms with Crippen molar-refractivity contribution < 1.29 is 9.53 Å². The number of carbonyl (C=O) groups excluding carboxylic acids is 1. The summed E-state index contributed by atoms with van der Waals surface area (Å²) in [7, 11) is 1.67. The van der Waals surface area contributed by atoms with E-state index < -0.39 is 0 Å². The molecule has 2 aromatic carbocycles. The van der Waals surface area contributed by atoms with Crippen LogP contribution < -0.4 is 10.1 Å². The smallest absolute Gasteiger partial charge is 0.234 e. The van der Waals surface area contributed by atoms with Gasteiger partial charge < -0.3 is 10.1 Å². The molecule has 1 fully saturated rings. The third-order valence-corrected chi connectivity index (χ3v) is 7.42. The number of rotatable bonds is 8. The summed E-state index contributed by atoms with van der Waals surface area (Å²) in [6.07, 6.45) is 5.92. The second-order valence-corrected chi connectivity index (χ2v) is 10.2. The van der Waals surface area contributed by atoms with Crippen LogP contribution in [0.4, 0.5) is 5.69 Å². The molecule has 0 unspecified atom stereocenters. The summed E-state index contributed by atoms with van der Waals surface area (Å²) in [5, 5.41) is 13.0. The van der Waals surface area contributed by atoms with E-state index >= 15 is 0 Å². The van der Waals surface area contributed by atoms with Gasteiger partial charge in [-0.15, -0.1) is 10.2 Å². The lowest BCUT2D eigenvalue weighted by atomic mass is 9.95. The molecule has 180 valence electrons. The van der Waals surface area contributed by atoms with E-state index in [1.165, 1.54) is 31.0 Å². The lowest BCUT2D eigenvalue weighted by Crippen LogP contribution is -2.18. The Labute approximate surface area is 206 Å². The SMILES string of the molecule is COc1ccc(-c2nnc(SCC(=O)Nc3c(C)cccc3C(C)C)n2C2CCCCC2)cc1. The standard InChI is InChI=1S/C27H34N4O2S/c1-18(2)23-12-8-9-19(3)25(23)28-24(32)17-34-27-30-29-26(20-13-15-22(33-4)16-14-20)31(27)21-10-6-5-7-11-21/h8-9,12-16,18,21H,5-7,10-11,17H2,1-4H3,(H,28,32). The molecular formula is C27H34N4O2S. The molecule has 0 radical (unpaired) electrons. The lowest BCUT2D eigenvalue weighted by molar-refractivity contribution is -0.113. The summed E-state index contributed by atoms with van der Waals surface area (Å²) in [5.74, 6) is 2.28. The van der Waals surface area contributed by atoms with Crippen molar-refractivity contribution in [2.24, 2.45) is 0 Å². The number of ether oxygens (including phenoxy) is 1. The zero-order valence-electron chi connectivity index (χ0n) is 20.5. The van der Waals surface area contributed by atoms with Crippen LogP contribution >= 0.6 is 11.8 Å². The fraction of sp³-hybridized carbons (Fsp3) is 0.444. The number of anilines is 1. The van der Waals surface area contributed by atoms with Gasteiger partial charge in [0.2, 0.25) is 5.91 Å².